The first kappa shape index (κ1) is 11.7. The van der Waals surface area contributed by atoms with Crippen LogP contribution in [0, 0.1) is 0 Å². The molecule has 88 valence electrons. The van der Waals surface area contributed by atoms with Crippen LogP contribution < -0.4 is 0 Å². The van der Waals surface area contributed by atoms with Gasteiger partial charge in [0.1, 0.15) is 4.88 Å². The molecule has 0 spiro atoms. The van der Waals surface area contributed by atoms with Gasteiger partial charge in [0, 0.05) is 18.0 Å². The zero-order chi connectivity index (χ0) is 12.3. The normalized spacial score (nSPS) is 10.4. The van der Waals surface area contributed by atoms with E-state index in [-0.39, 0.29) is 0 Å². The Kier molecular flexibility index (Phi) is 3.49. The van der Waals surface area contributed by atoms with Crippen molar-refractivity contribution in [3.63, 3.8) is 0 Å². The average Bonchev–Trinajstić information content (AvgIpc) is 2.75. The zero-order valence-electron chi connectivity index (χ0n) is 9.38. The van der Waals surface area contributed by atoms with Gasteiger partial charge in [-0.2, -0.15) is 0 Å². The number of aryl methyl sites for hydroxylation is 1. The number of carbonyl (C=O) groups is 1. The van der Waals surface area contributed by atoms with Crippen molar-refractivity contribution >= 4 is 17.3 Å². The molecule has 0 aliphatic heterocycles. The summed E-state index contributed by atoms with van der Waals surface area (Å²) in [6, 6.07) is 3.55. The Labute approximate surface area is 103 Å². The predicted octanol–water partition coefficient (Wildman–Crippen LogP) is 2.86. The number of hydrogen-bond acceptors (Lipinski definition) is 4. The van der Waals surface area contributed by atoms with E-state index < -0.39 is 5.97 Å². The smallest absolute Gasteiger partial charge is 0.348 e. The zero-order valence-corrected chi connectivity index (χ0v) is 10.2. The van der Waals surface area contributed by atoms with E-state index in [1.165, 1.54) is 11.3 Å². The maximum atomic E-state index is 11.2. The Morgan fingerprint density at radius 3 is 2.71 bits per heavy atom. The fourth-order valence-electron chi connectivity index (χ4n) is 1.54. The highest BCUT2D eigenvalue weighted by atomic mass is 32.1. The van der Waals surface area contributed by atoms with Gasteiger partial charge >= 0.3 is 5.97 Å². The number of aromatic nitrogens is 2. The van der Waals surface area contributed by atoms with Gasteiger partial charge in [-0.1, -0.05) is 6.92 Å². The summed E-state index contributed by atoms with van der Waals surface area (Å²) in [5, 5.41) is 10.0. The van der Waals surface area contributed by atoms with Crippen LogP contribution in [0.1, 0.15) is 28.0 Å². The van der Waals surface area contributed by atoms with E-state index in [1.807, 2.05) is 6.92 Å². The molecule has 17 heavy (non-hydrogen) atoms. The van der Waals surface area contributed by atoms with E-state index in [1.54, 1.807) is 24.5 Å². The van der Waals surface area contributed by atoms with Crippen LogP contribution in [0.15, 0.2) is 24.5 Å². The molecule has 1 N–H and O–H groups in total. The highest BCUT2D eigenvalue weighted by molar-refractivity contribution is 7.14. The average molecular weight is 248 g/mol. The minimum absolute atomic E-state index is 0.305. The summed E-state index contributed by atoms with van der Waals surface area (Å²) in [6.07, 6.45) is 5.05. The predicted molar refractivity (Wildman–Crippen MR) is 66.3 cm³/mol. The minimum atomic E-state index is -0.920. The summed E-state index contributed by atoms with van der Waals surface area (Å²) in [6.45, 7) is 2.05. The minimum Gasteiger partial charge on any atom is -0.477 e. The van der Waals surface area contributed by atoms with Gasteiger partial charge in [0.25, 0.3) is 0 Å². The second-order valence-electron chi connectivity index (χ2n) is 3.58. The molecule has 0 radical (unpaired) electrons. The molecular formula is C12H12N2O2S. The lowest BCUT2D eigenvalue weighted by molar-refractivity contribution is 0.0702. The quantitative estimate of drug-likeness (QED) is 0.903. The molecule has 0 bridgehead atoms. The van der Waals surface area contributed by atoms with Crippen molar-refractivity contribution in [2.45, 2.75) is 19.8 Å². The van der Waals surface area contributed by atoms with Crippen LogP contribution in [0.4, 0.5) is 0 Å². The number of rotatable bonds is 4. The largest absolute Gasteiger partial charge is 0.477 e. The van der Waals surface area contributed by atoms with E-state index >= 15 is 0 Å². The lowest BCUT2D eigenvalue weighted by Crippen LogP contribution is -1.95. The summed E-state index contributed by atoms with van der Waals surface area (Å²) < 4.78 is 0. The van der Waals surface area contributed by atoms with Crippen LogP contribution in [-0.2, 0) is 6.42 Å². The standard InChI is InChI=1S/C12H12N2O2S/c1-2-3-9-14-10(11(17-9)12(15)16)8-4-6-13-7-5-8/h4-7H,2-3H2,1H3,(H,15,16). The number of thiazole rings is 1. The molecule has 0 aliphatic carbocycles. The molecule has 2 aromatic heterocycles. The third-order valence-electron chi connectivity index (χ3n) is 2.28. The number of carboxylic acid groups (broad SMARTS) is 1. The van der Waals surface area contributed by atoms with Crippen LogP contribution in [0.3, 0.4) is 0 Å². The van der Waals surface area contributed by atoms with E-state index in [0.29, 0.717) is 10.6 Å². The Balaban J connectivity index is 2.48. The molecule has 0 saturated heterocycles. The first-order valence-electron chi connectivity index (χ1n) is 5.35. The summed E-state index contributed by atoms with van der Waals surface area (Å²) in [5.74, 6) is -0.920. The lowest BCUT2D eigenvalue weighted by Gasteiger charge is -1.97. The van der Waals surface area contributed by atoms with E-state index in [0.717, 1.165) is 23.4 Å². The fourth-order valence-corrected chi connectivity index (χ4v) is 2.56. The van der Waals surface area contributed by atoms with Crippen molar-refractivity contribution < 1.29 is 9.90 Å². The first-order valence-corrected chi connectivity index (χ1v) is 6.17. The highest BCUT2D eigenvalue weighted by Crippen LogP contribution is 2.28. The molecule has 5 heteroatoms. The third kappa shape index (κ3) is 2.50. The maximum absolute atomic E-state index is 11.2. The number of aromatic carboxylic acids is 1. The van der Waals surface area contributed by atoms with E-state index in [9.17, 15) is 4.79 Å². The van der Waals surface area contributed by atoms with Crippen molar-refractivity contribution in [3.8, 4) is 11.3 Å². The molecule has 0 unspecified atom stereocenters. The molecule has 0 saturated carbocycles. The second-order valence-corrected chi connectivity index (χ2v) is 4.66. The molecular weight excluding hydrogens is 236 g/mol. The van der Waals surface area contributed by atoms with Gasteiger partial charge in [0.15, 0.2) is 0 Å². The van der Waals surface area contributed by atoms with Gasteiger partial charge in [-0.05, 0) is 25.0 Å². The monoisotopic (exact) mass is 248 g/mol. The Morgan fingerprint density at radius 2 is 2.12 bits per heavy atom. The summed E-state index contributed by atoms with van der Waals surface area (Å²) in [7, 11) is 0. The van der Waals surface area contributed by atoms with Gasteiger partial charge in [-0.25, -0.2) is 9.78 Å². The van der Waals surface area contributed by atoms with Gasteiger partial charge in [-0.3, -0.25) is 4.98 Å². The van der Waals surface area contributed by atoms with Crippen molar-refractivity contribution in [1.82, 2.24) is 9.97 Å². The van der Waals surface area contributed by atoms with Crippen molar-refractivity contribution in [3.05, 3.63) is 34.4 Å². The van der Waals surface area contributed by atoms with E-state index in [2.05, 4.69) is 9.97 Å². The topological polar surface area (TPSA) is 63.1 Å². The van der Waals surface area contributed by atoms with Crippen LogP contribution in [-0.4, -0.2) is 21.0 Å². The summed E-state index contributed by atoms with van der Waals surface area (Å²) >= 11 is 1.26. The Bertz CT molecular complexity index is 523. The van der Waals surface area contributed by atoms with Crippen LogP contribution in [0.5, 0.6) is 0 Å². The molecule has 2 rings (SSSR count). The Morgan fingerprint density at radius 1 is 1.41 bits per heavy atom. The number of pyridine rings is 1. The molecule has 0 aliphatic rings. The van der Waals surface area contributed by atoms with Crippen molar-refractivity contribution in [2.24, 2.45) is 0 Å². The van der Waals surface area contributed by atoms with Crippen LogP contribution in [0.2, 0.25) is 0 Å². The number of carboxylic acids is 1. The third-order valence-corrected chi connectivity index (χ3v) is 3.39. The Hall–Kier alpha value is -1.75. The van der Waals surface area contributed by atoms with Crippen molar-refractivity contribution in [2.75, 3.05) is 0 Å². The van der Waals surface area contributed by atoms with Crippen molar-refractivity contribution in [1.29, 1.82) is 0 Å². The van der Waals surface area contributed by atoms with Crippen LogP contribution in [0.25, 0.3) is 11.3 Å². The highest BCUT2D eigenvalue weighted by Gasteiger charge is 2.18. The molecule has 0 aromatic carbocycles. The summed E-state index contributed by atoms with van der Waals surface area (Å²) in [4.78, 5) is 19.8. The summed E-state index contributed by atoms with van der Waals surface area (Å²) in [5.41, 5.74) is 1.35. The maximum Gasteiger partial charge on any atom is 0.348 e. The number of nitrogens with zero attached hydrogens (tertiary/aromatic N) is 2. The lowest BCUT2D eigenvalue weighted by atomic mass is 10.2. The van der Waals surface area contributed by atoms with Gasteiger partial charge < -0.3 is 5.11 Å². The molecule has 0 amide bonds. The van der Waals surface area contributed by atoms with Gasteiger partial charge in [-0.15, -0.1) is 11.3 Å². The number of hydrogen-bond donors (Lipinski definition) is 1. The molecule has 0 atom stereocenters. The first-order chi connectivity index (χ1) is 8.22. The fraction of sp³-hybridized carbons (Fsp3) is 0.250. The molecule has 0 fully saturated rings. The molecule has 2 heterocycles. The van der Waals surface area contributed by atoms with E-state index in [4.69, 9.17) is 5.11 Å². The molecule has 4 nitrogen and oxygen atoms in total. The van der Waals surface area contributed by atoms with Crippen LogP contribution >= 0.6 is 11.3 Å². The van der Waals surface area contributed by atoms with Gasteiger partial charge in [0.05, 0.1) is 10.7 Å². The second kappa shape index (κ2) is 5.05. The van der Waals surface area contributed by atoms with Gasteiger partial charge in [0.2, 0.25) is 0 Å². The SMILES string of the molecule is CCCc1nc(-c2ccncc2)c(C(=O)O)s1. The molecule has 2 aromatic rings.